The van der Waals surface area contributed by atoms with Gasteiger partial charge in [-0.2, -0.15) is 0 Å². The van der Waals surface area contributed by atoms with Crippen molar-refractivity contribution in [3.8, 4) is 17.2 Å². The molecule has 0 amide bonds. The highest BCUT2D eigenvalue weighted by Crippen LogP contribution is 2.33. The first-order valence-corrected chi connectivity index (χ1v) is 8.68. The number of allylic oxidation sites excluding steroid dienone is 3. The molecule has 2 aromatic rings. The van der Waals surface area contributed by atoms with E-state index < -0.39 is 11.6 Å². The molecule has 0 fully saturated rings. The molecule has 1 N–H and O–H groups in total. The molecule has 0 atom stereocenters. The van der Waals surface area contributed by atoms with Crippen LogP contribution < -0.4 is 15.1 Å². The van der Waals surface area contributed by atoms with E-state index in [0.29, 0.717) is 0 Å². The number of hydrogen-bond donors (Lipinski definition) is 1. The summed E-state index contributed by atoms with van der Waals surface area (Å²) in [6.07, 6.45) is 5.84. The Kier molecular flexibility index (Phi) is 6.82. The van der Waals surface area contributed by atoms with Crippen molar-refractivity contribution in [1.29, 1.82) is 0 Å². The zero-order chi connectivity index (χ0) is 20.0. The fourth-order valence-corrected chi connectivity index (χ4v) is 2.46. The van der Waals surface area contributed by atoms with Gasteiger partial charge in [0.15, 0.2) is 5.75 Å². The Balaban J connectivity index is 2.18. The molecule has 0 unspecified atom stereocenters. The summed E-state index contributed by atoms with van der Waals surface area (Å²) in [4.78, 5) is 23.2. The molecular weight excluding hydrogens is 348 g/mol. The van der Waals surface area contributed by atoms with Crippen molar-refractivity contribution in [2.75, 3.05) is 6.61 Å². The molecule has 27 heavy (non-hydrogen) atoms. The molecule has 0 aliphatic carbocycles. The molecule has 0 aliphatic heterocycles. The first kappa shape index (κ1) is 20.3. The lowest BCUT2D eigenvalue weighted by Gasteiger charge is -2.08. The summed E-state index contributed by atoms with van der Waals surface area (Å²) in [5, 5.41) is 10.6. The number of carbonyl (C=O) groups excluding carboxylic acids is 1. The van der Waals surface area contributed by atoms with Gasteiger partial charge in [0.05, 0.1) is 5.39 Å². The first-order chi connectivity index (χ1) is 12.8. The maximum atomic E-state index is 12.1. The van der Waals surface area contributed by atoms with Crippen molar-refractivity contribution in [2.24, 2.45) is 0 Å². The fourth-order valence-electron chi connectivity index (χ4n) is 2.46. The monoisotopic (exact) mass is 372 g/mol. The molecule has 0 bridgehead atoms. The quantitative estimate of drug-likeness (QED) is 0.333. The van der Waals surface area contributed by atoms with Crippen LogP contribution in [-0.4, -0.2) is 17.7 Å². The number of aromatic hydroxyl groups is 1. The van der Waals surface area contributed by atoms with Crippen LogP contribution in [0.25, 0.3) is 11.0 Å². The normalized spacial score (nSPS) is 11.3. The molecule has 6 nitrogen and oxygen atoms in total. The van der Waals surface area contributed by atoms with E-state index in [4.69, 9.17) is 13.9 Å². The van der Waals surface area contributed by atoms with Gasteiger partial charge in [0.1, 0.15) is 17.9 Å². The third kappa shape index (κ3) is 5.74. The van der Waals surface area contributed by atoms with Crippen LogP contribution in [0, 0.1) is 0 Å². The largest absolute Gasteiger partial charge is 0.504 e. The Labute approximate surface area is 157 Å². The number of ether oxygens (including phenoxy) is 2. The third-order valence-corrected chi connectivity index (χ3v) is 3.82. The molecule has 1 heterocycles. The second kappa shape index (κ2) is 9.07. The minimum absolute atomic E-state index is 0.133. The van der Waals surface area contributed by atoms with E-state index >= 15 is 0 Å². The lowest BCUT2D eigenvalue weighted by atomic mass is 10.1. The fraction of sp³-hybridized carbons (Fsp3) is 0.333. The van der Waals surface area contributed by atoms with E-state index in [2.05, 4.69) is 19.9 Å². The van der Waals surface area contributed by atoms with Gasteiger partial charge in [-0.25, -0.2) is 4.79 Å². The van der Waals surface area contributed by atoms with Gasteiger partial charge in [0, 0.05) is 6.92 Å². The van der Waals surface area contributed by atoms with Gasteiger partial charge in [-0.1, -0.05) is 17.2 Å². The van der Waals surface area contributed by atoms with Gasteiger partial charge >= 0.3 is 11.6 Å². The lowest BCUT2D eigenvalue weighted by Crippen LogP contribution is -2.08. The lowest BCUT2D eigenvalue weighted by molar-refractivity contribution is -0.131. The molecule has 1 aromatic carbocycles. The van der Waals surface area contributed by atoms with Crippen LogP contribution in [0.15, 0.2) is 50.7 Å². The zero-order valence-corrected chi connectivity index (χ0v) is 16.0. The molecule has 6 heteroatoms. The number of benzene rings is 1. The minimum atomic E-state index is -0.768. The Morgan fingerprint density at radius 2 is 1.93 bits per heavy atom. The summed E-state index contributed by atoms with van der Waals surface area (Å²) < 4.78 is 15.6. The number of fused-ring (bicyclic) bond motifs is 1. The number of rotatable bonds is 7. The van der Waals surface area contributed by atoms with Gasteiger partial charge in [-0.15, -0.1) is 0 Å². The van der Waals surface area contributed by atoms with Crippen LogP contribution in [0.4, 0.5) is 0 Å². The number of carbonyl (C=O) groups is 1. The summed E-state index contributed by atoms with van der Waals surface area (Å²) in [7, 11) is 0. The first-order valence-electron chi connectivity index (χ1n) is 8.68. The zero-order valence-electron chi connectivity index (χ0n) is 16.0. The van der Waals surface area contributed by atoms with E-state index in [1.54, 1.807) is 0 Å². The summed E-state index contributed by atoms with van der Waals surface area (Å²) in [6, 6.07) is 4.35. The van der Waals surface area contributed by atoms with Gasteiger partial charge in [-0.3, -0.25) is 4.79 Å². The topological polar surface area (TPSA) is 86.0 Å². The van der Waals surface area contributed by atoms with Gasteiger partial charge in [0.2, 0.25) is 5.75 Å². The molecule has 1 aromatic heterocycles. The van der Waals surface area contributed by atoms with Gasteiger partial charge in [0.25, 0.3) is 0 Å². The predicted octanol–water partition coefficient (Wildman–Crippen LogP) is 4.50. The molecule has 0 radical (unpaired) electrons. The Morgan fingerprint density at radius 3 is 2.59 bits per heavy atom. The van der Waals surface area contributed by atoms with Crippen molar-refractivity contribution in [2.45, 2.75) is 40.5 Å². The molecule has 2 rings (SSSR count). The van der Waals surface area contributed by atoms with Gasteiger partial charge < -0.3 is 19.0 Å². The van der Waals surface area contributed by atoms with E-state index in [-0.39, 0.29) is 34.8 Å². The Hall–Kier alpha value is -3.02. The molecule has 0 spiro atoms. The highest BCUT2D eigenvalue weighted by Gasteiger charge is 2.16. The van der Waals surface area contributed by atoms with Crippen molar-refractivity contribution in [3.63, 3.8) is 0 Å². The van der Waals surface area contributed by atoms with Crippen LogP contribution in [0.2, 0.25) is 0 Å². The van der Waals surface area contributed by atoms with Crippen LogP contribution >= 0.6 is 0 Å². The predicted molar refractivity (Wildman–Crippen MR) is 103 cm³/mol. The van der Waals surface area contributed by atoms with Crippen LogP contribution in [-0.2, 0) is 4.79 Å². The van der Waals surface area contributed by atoms with Crippen molar-refractivity contribution < 1.29 is 23.8 Å². The van der Waals surface area contributed by atoms with Crippen molar-refractivity contribution in [1.82, 2.24) is 0 Å². The smallest absolute Gasteiger partial charge is 0.383 e. The highest BCUT2D eigenvalue weighted by atomic mass is 16.5. The molecule has 0 saturated carbocycles. The van der Waals surface area contributed by atoms with E-state index in [1.807, 2.05) is 13.0 Å². The molecule has 144 valence electrons. The van der Waals surface area contributed by atoms with E-state index in [0.717, 1.165) is 18.4 Å². The molecule has 0 aliphatic rings. The van der Waals surface area contributed by atoms with Crippen LogP contribution in [0.3, 0.4) is 0 Å². The van der Waals surface area contributed by atoms with Crippen LogP contribution in [0.1, 0.15) is 40.5 Å². The van der Waals surface area contributed by atoms with Crippen molar-refractivity contribution in [3.05, 3.63) is 51.9 Å². The molecule has 0 saturated heterocycles. The van der Waals surface area contributed by atoms with Crippen LogP contribution in [0.5, 0.6) is 17.2 Å². The second-order valence-corrected chi connectivity index (χ2v) is 6.50. The third-order valence-electron chi connectivity index (χ3n) is 3.82. The van der Waals surface area contributed by atoms with Gasteiger partial charge in [-0.05, 0) is 57.9 Å². The Morgan fingerprint density at radius 1 is 1.19 bits per heavy atom. The summed E-state index contributed by atoms with van der Waals surface area (Å²) >= 11 is 0. The average molecular weight is 372 g/mol. The standard InChI is InChI=1S/C21H24O6/c1-13(2)6-5-7-14(3)10-11-25-20-19(23)17-12-16(26-15(4)22)8-9-18(17)27-21(20)24/h6,8-10,12,23H,5,7,11H2,1-4H3. The maximum absolute atomic E-state index is 12.1. The summed E-state index contributed by atoms with van der Waals surface area (Å²) in [5.74, 6) is -0.863. The number of esters is 1. The number of hydrogen-bond acceptors (Lipinski definition) is 6. The molecular formula is C21H24O6. The van der Waals surface area contributed by atoms with E-state index in [1.165, 1.54) is 30.7 Å². The highest BCUT2D eigenvalue weighted by molar-refractivity contribution is 5.87. The maximum Gasteiger partial charge on any atom is 0.383 e. The Bertz CT molecular complexity index is 945. The summed E-state index contributed by atoms with van der Waals surface area (Å²) in [6.45, 7) is 7.49. The SMILES string of the molecule is CC(=O)Oc1ccc2oc(=O)c(OCC=C(C)CCC=C(C)C)c(O)c2c1. The minimum Gasteiger partial charge on any atom is -0.504 e. The van der Waals surface area contributed by atoms with E-state index in [9.17, 15) is 14.7 Å². The average Bonchev–Trinajstić information content (AvgIpc) is 2.57. The summed E-state index contributed by atoms with van der Waals surface area (Å²) in [5.41, 5.74) is 1.80. The van der Waals surface area contributed by atoms with Crippen molar-refractivity contribution >= 4 is 16.9 Å². The second-order valence-electron chi connectivity index (χ2n) is 6.50.